The van der Waals surface area contributed by atoms with Gasteiger partial charge in [0, 0.05) is 26.0 Å². The average molecular weight is 268 g/mol. The SMILES string of the molecule is CCC(C)(CNC(=O)N(C)Cc1ncc[nH]1)C(=O)O. The molecule has 1 aromatic heterocycles. The van der Waals surface area contributed by atoms with Crippen LogP contribution in [-0.4, -0.2) is 45.6 Å². The summed E-state index contributed by atoms with van der Waals surface area (Å²) in [5.41, 5.74) is -0.943. The summed E-state index contributed by atoms with van der Waals surface area (Å²) in [6.45, 7) is 3.84. The number of aromatic nitrogens is 2. The second kappa shape index (κ2) is 6.21. The molecule has 0 saturated carbocycles. The number of carboxylic acid groups (broad SMARTS) is 1. The van der Waals surface area contributed by atoms with Gasteiger partial charge in [-0.3, -0.25) is 4.79 Å². The van der Waals surface area contributed by atoms with E-state index in [2.05, 4.69) is 15.3 Å². The molecule has 0 bridgehead atoms. The number of nitrogens with zero attached hydrogens (tertiary/aromatic N) is 2. The number of urea groups is 1. The van der Waals surface area contributed by atoms with Crippen molar-refractivity contribution in [3.8, 4) is 0 Å². The Bertz CT molecular complexity index is 432. The summed E-state index contributed by atoms with van der Waals surface area (Å²) in [6, 6.07) is -0.322. The highest BCUT2D eigenvalue weighted by Crippen LogP contribution is 2.19. The zero-order chi connectivity index (χ0) is 14.5. The third-order valence-electron chi connectivity index (χ3n) is 3.21. The lowest BCUT2D eigenvalue weighted by atomic mass is 9.88. The number of nitrogens with one attached hydrogen (secondary N) is 2. The van der Waals surface area contributed by atoms with Crippen molar-refractivity contribution in [2.75, 3.05) is 13.6 Å². The minimum atomic E-state index is -0.943. The van der Waals surface area contributed by atoms with Crippen molar-refractivity contribution in [3.05, 3.63) is 18.2 Å². The van der Waals surface area contributed by atoms with Crippen LogP contribution in [0.1, 0.15) is 26.1 Å². The van der Waals surface area contributed by atoms with Crippen LogP contribution in [0.3, 0.4) is 0 Å². The van der Waals surface area contributed by atoms with E-state index in [0.29, 0.717) is 18.8 Å². The fourth-order valence-electron chi connectivity index (χ4n) is 1.44. The van der Waals surface area contributed by atoms with Crippen LogP contribution in [0.5, 0.6) is 0 Å². The zero-order valence-electron chi connectivity index (χ0n) is 11.4. The predicted molar refractivity (Wildman–Crippen MR) is 69.5 cm³/mol. The molecule has 2 amide bonds. The van der Waals surface area contributed by atoms with E-state index in [-0.39, 0.29) is 12.6 Å². The number of carbonyl (C=O) groups excluding carboxylic acids is 1. The van der Waals surface area contributed by atoms with Crippen LogP contribution < -0.4 is 5.32 Å². The van der Waals surface area contributed by atoms with Gasteiger partial charge in [-0.1, -0.05) is 6.92 Å². The quantitative estimate of drug-likeness (QED) is 0.718. The summed E-state index contributed by atoms with van der Waals surface area (Å²) in [5, 5.41) is 11.7. The highest BCUT2D eigenvalue weighted by molar-refractivity contribution is 5.77. The summed E-state index contributed by atoms with van der Waals surface area (Å²) in [4.78, 5) is 31.3. The van der Waals surface area contributed by atoms with E-state index in [9.17, 15) is 9.59 Å². The number of H-pyrrole nitrogens is 1. The van der Waals surface area contributed by atoms with E-state index in [1.165, 1.54) is 4.90 Å². The Hall–Kier alpha value is -2.05. The maximum atomic E-state index is 11.8. The first-order valence-corrected chi connectivity index (χ1v) is 6.09. The molecule has 3 N–H and O–H groups in total. The maximum absolute atomic E-state index is 11.8. The van der Waals surface area contributed by atoms with Crippen molar-refractivity contribution in [2.45, 2.75) is 26.8 Å². The van der Waals surface area contributed by atoms with Gasteiger partial charge in [0.15, 0.2) is 0 Å². The van der Waals surface area contributed by atoms with Crippen molar-refractivity contribution in [3.63, 3.8) is 0 Å². The standard InChI is InChI=1S/C12H20N4O3/c1-4-12(2,10(17)18)8-15-11(19)16(3)7-9-13-5-6-14-9/h5-6H,4,7-8H2,1-3H3,(H,13,14)(H,15,19)(H,17,18). The second-order valence-corrected chi connectivity index (χ2v) is 4.77. The van der Waals surface area contributed by atoms with E-state index in [1.807, 2.05) is 0 Å². The molecule has 0 fully saturated rings. The molecule has 7 heteroatoms. The van der Waals surface area contributed by atoms with Crippen molar-refractivity contribution in [2.24, 2.45) is 5.41 Å². The van der Waals surface area contributed by atoms with Gasteiger partial charge in [-0.25, -0.2) is 9.78 Å². The molecule has 19 heavy (non-hydrogen) atoms. The van der Waals surface area contributed by atoms with Gasteiger partial charge in [-0.15, -0.1) is 0 Å². The zero-order valence-corrected chi connectivity index (χ0v) is 11.4. The van der Waals surface area contributed by atoms with E-state index in [0.717, 1.165) is 0 Å². The molecule has 0 saturated heterocycles. The number of carbonyl (C=O) groups is 2. The van der Waals surface area contributed by atoms with Crippen LogP contribution in [0.15, 0.2) is 12.4 Å². The van der Waals surface area contributed by atoms with E-state index >= 15 is 0 Å². The van der Waals surface area contributed by atoms with Crippen molar-refractivity contribution in [1.29, 1.82) is 0 Å². The fourth-order valence-corrected chi connectivity index (χ4v) is 1.44. The van der Waals surface area contributed by atoms with Crippen LogP contribution in [0.25, 0.3) is 0 Å². The smallest absolute Gasteiger partial charge is 0.317 e. The Kier molecular flexibility index (Phi) is 4.91. The molecule has 106 valence electrons. The lowest BCUT2D eigenvalue weighted by Crippen LogP contribution is -2.45. The highest BCUT2D eigenvalue weighted by atomic mass is 16.4. The van der Waals surface area contributed by atoms with Crippen molar-refractivity contribution < 1.29 is 14.7 Å². The molecule has 1 unspecified atom stereocenters. The van der Waals surface area contributed by atoms with Gasteiger partial charge in [0.1, 0.15) is 5.82 Å². The first-order chi connectivity index (χ1) is 8.89. The Morgan fingerprint density at radius 1 is 1.58 bits per heavy atom. The Labute approximate surface area is 112 Å². The molecule has 1 rings (SSSR count). The lowest BCUT2D eigenvalue weighted by Gasteiger charge is -2.25. The number of imidazole rings is 1. The summed E-state index contributed by atoms with van der Waals surface area (Å²) in [5.74, 6) is -0.238. The van der Waals surface area contributed by atoms with Gasteiger partial charge in [0.25, 0.3) is 0 Å². The maximum Gasteiger partial charge on any atom is 0.317 e. The number of aliphatic carboxylic acids is 1. The summed E-state index contributed by atoms with van der Waals surface area (Å²) in [7, 11) is 1.63. The van der Waals surface area contributed by atoms with Gasteiger partial charge in [-0.2, -0.15) is 0 Å². The molecule has 0 aliphatic heterocycles. The van der Waals surface area contributed by atoms with Crippen LogP contribution in [0, 0.1) is 5.41 Å². The van der Waals surface area contributed by atoms with E-state index in [4.69, 9.17) is 5.11 Å². The number of carboxylic acids is 1. The second-order valence-electron chi connectivity index (χ2n) is 4.77. The van der Waals surface area contributed by atoms with E-state index < -0.39 is 11.4 Å². The molecule has 0 aliphatic carbocycles. The van der Waals surface area contributed by atoms with Crippen LogP contribution in [-0.2, 0) is 11.3 Å². The Morgan fingerprint density at radius 2 is 2.26 bits per heavy atom. The molecule has 1 heterocycles. The third kappa shape index (κ3) is 3.97. The highest BCUT2D eigenvalue weighted by Gasteiger charge is 2.31. The minimum Gasteiger partial charge on any atom is -0.481 e. The number of rotatable bonds is 6. The molecule has 0 spiro atoms. The molecule has 7 nitrogen and oxygen atoms in total. The molecule has 0 aromatic carbocycles. The van der Waals surface area contributed by atoms with Crippen molar-refractivity contribution >= 4 is 12.0 Å². The first-order valence-electron chi connectivity index (χ1n) is 6.09. The first kappa shape index (κ1) is 15.0. The molecule has 1 aromatic rings. The van der Waals surface area contributed by atoms with Crippen LogP contribution >= 0.6 is 0 Å². The van der Waals surface area contributed by atoms with Gasteiger partial charge >= 0.3 is 12.0 Å². The lowest BCUT2D eigenvalue weighted by molar-refractivity contribution is -0.147. The predicted octanol–water partition coefficient (Wildman–Crippen LogP) is 1.05. The van der Waals surface area contributed by atoms with Gasteiger partial charge in [-0.05, 0) is 13.3 Å². The molecular formula is C12H20N4O3. The number of hydrogen-bond acceptors (Lipinski definition) is 3. The van der Waals surface area contributed by atoms with Gasteiger partial charge in [0.05, 0.1) is 12.0 Å². The summed E-state index contributed by atoms with van der Waals surface area (Å²) >= 11 is 0. The summed E-state index contributed by atoms with van der Waals surface area (Å²) < 4.78 is 0. The Morgan fingerprint density at radius 3 is 2.74 bits per heavy atom. The Balaban J connectivity index is 2.48. The number of aromatic amines is 1. The van der Waals surface area contributed by atoms with Crippen LogP contribution in [0.4, 0.5) is 4.79 Å². The minimum absolute atomic E-state index is 0.0974. The molecular weight excluding hydrogens is 248 g/mol. The molecule has 0 aliphatic rings. The van der Waals surface area contributed by atoms with Gasteiger partial charge < -0.3 is 20.3 Å². The fraction of sp³-hybridized carbons (Fsp3) is 0.583. The average Bonchev–Trinajstić information content (AvgIpc) is 2.87. The molecule has 0 radical (unpaired) electrons. The monoisotopic (exact) mass is 268 g/mol. The molecule has 1 atom stereocenters. The normalized spacial score (nSPS) is 13.6. The third-order valence-corrected chi connectivity index (χ3v) is 3.21. The van der Waals surface area contributed by atoms with Gasteiger partial charge in [0.2, 0.25) is 0 Å². The van der Waals surface area contributed by atoms with Crippen LogP contribution in [0.2, 0.25) is 0 Å². The summed E-state index contributed by atoms with van der Waals surface area (Å²) in [6.07, 6.45) is 3.74. The van der Waals surface area contributed by atoms with E-state index in [1.54, 1.807) is 33.3 Å². The van der Waals surface area contributed by atoms with Crippen molar-refractivity contribution in [1.82, 2.24) is 20.2 Å². The topological polar surface area (TPSA) is 98.3 Å². The number of hydrogen-bond donors (Lipinski definition) is 3. The number of amides is 2. The largest absolute Gasteiger partial charge is 0.481 e.